The fourth-order valence-corrected chi connectivity index (χ4v) is 1.48. The predicted octanol–water partition coefficient (Wildman–Crippen LogP) is 2.27. The second kappa shape index (κ2) is 5.08. The molecule has 0 atom stereocenters. The van der Waals surface area contributed by atoms with E-state index in [1.165, 1.54) is 5.56 Å². The van der Waals surface area contributed by atoms with Crippen LogP contribution in [0.1, 0.15) is 16.8 Å². The van der Waals surface area contributed by atoms with Gasteiger partial charge in [-0.1, -0.05) is 6.07 Å². The van der Waals surface area contributed by atoms with Crippen molar-refractivity contribution in [1.29, 1.82) is 5.26 Å². The first-order chi connectivity index (χ1) is 8.29. The molecule has 0 spiro atoms. The van der Waals surface area contributed by atoms with Crippen LogP contribution in [-0.2, 0) is 6.54 Å². The van der Waals surface area contributed by atoms with Crippen molar-refractivity contribution in [2.75, 3.05) is 5.32 Å². The van der Waals surface area contributed by atoms with Gasteiger partial charge in [-0.15, -0.1) is 0 Å². The van der Waals surface area contributed by atoms with Crippen molar-refractivity contribution < 1.29 is 0 Å². The first-order valence-electron chi connectivity index (χ1n) is 5.30. The Bertz CT molecular complexity index is 557. The van der Waals surface area contributed by atoms with Gasteiger partial charge in [0.05, 0.1) is 0 Å². The lowest BCUT2D eigenvalue weighted by molar-refractivity contribution is 1.07. The summed E-state index contributed by atoms with van der Waals surface area (Å²) in [6, 6.07) is 9.33. The molecule has 0 aliphatic rings. The van der Waals surface area contributed by atoms with E-state index in [9.17, 15) is 0 Å². The fraction of sp³-hybridized carbons (Fsp3) is 0.154. The van der Waals surface area contributed by atoms with E-state index in [1.807, 2.05) is 37.4 Å². The van der Waals surface area contributed by atoms with Gasteiger partial charge in [-0.2, -0.15) is 5.26 Å². The van der Waals surface area contributed by atoms with Crippen LogP contribution in [0.4, 0.5) is 5.82 Å². The molecule has 1 N–H and O–H groups in total. The van der Waals surface area contributed by atoms with Crippen molar-refractivity contribution in [1.82, 2.24) is 9.97 Å². The van der Waals surface area contributed by atoms with Crippen molar-refractivity contribution in [3.05, 3.63) is 53.5 Å². The van der Waals surface area contributed by atoms with Crippen molar-refractivity contribution in [3.8, 4) is 6.07 Å². The van der Waals surface area contributed by atoms with Crippen molar-refractivity contribution in [2.24, 2.45) is 0 Å². The number of aryl methyl sites for hydroxylation is 1. The van der Waals surface area contributed by atoms with E-state index in [4.69, 9.17) is 5.26 Å². The van der Waals surface area contributed by atoms with Crippen molar-refractivity contribution >= 4 is 5.82 Å². The molecule has 4 heteroatoms. The standard InChI is InChI=1S/C13H12N4/c1-10-8-15-6-5-11(10)9-16-13-4-2-3-12(7-14)17-13/h2-6,8H,9H2,1H3,(H,16,17). The second-order valence-corrected chi connectivity index (χ2v) is 3.68. The van der Waals surface area contributed by atoms with Gasteiger partial charge in [0.15, 0.2) is 0 Å². The Morgan fingerprint density at radius 1 is 1.35 bits per heavy atom. The van der Waals surface area contributed by atoms with Gasteiger partial charge in [0.25, 0.3) is 0 Å². The number of rotatable bonds is 3. The van der Waals surface area contributed by atoms with Gasteiger partial charge in [0.1, 0.15) is 17.6 Å². The molecule has 0 radical (unpaired) electrons. The first-order valence-corrected chi connectivity index (χ1v) is 5.30. The zero-order valence-electron chi connectivity index (χ0n) is 9.51. The van der Waals surface area contributed by atoms with E-state index < -0.39 is 0 Å². The smallest absolute Gasteiger partial charge is 0.142 e. The first kappa shape index (κ1) is 11.1. The summed E-state index contributed by atoms with van der Waals surface area (Å²) in [6.45, 7) is 2.69. The summed E-state index contributed by atoms with van der Waals surface area (Å²) in [5, 5.41) is 11.9. The Kier molecular flexibility index (Phi) is 3.31. The summed E-state index contributed by atoms with van der Waals surface area (Å²) in [5.41, 5.74) is 2.72. The fourth-order valence-electron chi connectivity index (χ4n) is 1.48. The third-order valence-corrected chi connectivity index (χ3v) is 2.46. The Hall–Kier alpha value is -2.41. The van der Waals surface area contributed by atoms with Gasteiger partial charge in [0, 0.05) is 18.9 Å². The highest BCUT2D eigenvalue weighted by Crippen LogP contribution is 2.09. The Morgan fingerprint density at radius 3 is 3.00 bits per heavy atom. The van der Waals surface area contributed by atoms with Crippen LogP contribution in [0.15, 0.2) is 36.7 Å². The Balaban J connectivity index is 2.08. The molecule has 4 nitrogen and oxygen atoms in total. The molecule has 84 valence electrons. The number of hydrogen-bond donors (Lipinski definition) is 1. The Morgan fingerprint density at radius 2 is 2.24 bits per heavy atom. The molecule has 0 saturated heterocycles. The van der Waals surface area contributed by atoms with E-state index in [0.717, 1.165) is 5.56 Å². The molecule has 2 aromatic heterocycles. The topological polar surface area (TPSA) is 61.6 Å². The highest BCUT2D eigenvalue weighted by Gasteiger charge is 1.99. The minimum absolute atomic E-state index is 0.418. The number of nitrogens with zero attached hydrogens (tertiary/aromatic N) is 3. The number of pyridine rings is 2. The molecular weight excluding hydrogens is 212 g/mol. The van der Waals surface area contributed by atoms with E-state index in [-0.39, 0.29) is 0 Å². The van der Waals surface area contributed by atoms with Crippen molar-refractivity contribution in [3.63, 3.8) is 0 Å². The number of aromatic nitrogens is 2. The van der Waals surface area contributed by atoms with Gasteiger partial charge in [-0.3, -0.25) is 4.98 Å². The maximum atomic E-state index is 8.74. The Labute approximate surface area is 100.0 Å². The molecule has 17 heavy (non-hydrogen) atoms. The summed E-state index contributed by atoms with van der Waals surface area (Å²) in [6.07, 6.45) is 3.60. The highest BCUT2D eigenvalue weighted by molar-refractivity contribution is 5.39. The molecule has 0 aliphatic carbocycles. The monoisotopic (exact) mass is 224 g/mol. The van der Waals surface area contributed by atoms with E-state index >= 15 is 0 Å². The maximum absolute atomic E-state index is 8.74. The summed E-state index contributed by atoms with van der Waals surface area (Å²) < 4.78 is 0. The number of nitriles is 1. The summed E-state index contributed by atoms with van der Waals surface area (Å²) >= 11 is 0. The van der Waals surface area contributed by atoms with Crippen LogP contribution in [0.2, 0.25) is 0 Å². The molecule has 0 bridgehead atoms. The third-order valence-electron chi connectivity index (χ3n) is 2.46. The second-order valence-electron chi connectivity index (χ2n) is 3.68. The van der Waals surface area contributed by atoms with E-state index in [1.54, 1.807) is 12.3 Å². The van der Waals surface area contributed by atoms with E-state index in [2.05, 4.69) is 15.3 Å². The van der Waals surface area contributed by atoms with Crippen molar-refractivity contribution in [2.45, 2.75) is 13.5 Å². The zero-order valence-corrected chi connectivity index (χ0v) is 9.51. The van der Waals surface area contributed by atoms with Crippen LogP contribution in [0, 0.1) is 18.3 Å². The highest BCUT2D eigenvalue weighted by atomic mass is 15.0. The van der Waals surface area contributed by atoms with Crippen LogP contribution in [0.3, 0.4) is 0 Å². The number of nitrogens with one attached hydrogen (secondary N) is 1. The molecule has 2 aromatic rings. The van der Waals surface area contributed by atoms with Crippen LogP contribution in [0.25, 0.3) is 0 Å². The lowest BCUT2D eigenvalue weighted by Gasteiger charge is -2.07. The largest absolute Gasteiger partial charge is 0.366 e. The third kappa shape index (κ3) is 2.79. The van der Waals surface area contributed by atoms with Crippen LogP contribution in [-0.4, -0.2) is 9.97 Å². The molecule has 0 saturated carbocycles. The van der Waals surface area contributed by atoms with Gasteiger partial charge in [-0.25, -0.2) is 4.98 Å². The zero-order chi connectivity index (χ0) is 12.1. The van der Waals surface area contributed by atoms with Crippen LogP contribution < -0.4 is 5.32 Å². The molecule has 0 amide bonds. The van der Waals surface area contributed by atoms with Gasteiger partial charge >= 0.3 is 0 Å². The molecule has 0 fully saturated rings. The molecule has 0 aromatic carbocycles. The minimum atomic E-state index is 0.418. The SMILES string of the molecule is Cc1cnccc1CNc1cccc(C#N)n1. The summed E-state index contributed by atoms with van der Waals surface area (Å²) in [7, 11) is 0. The van der Waals surface area contributed by atoms with Gasteiger partial charge in [0.2, 0.25) is 0 Å². The molecule has 0 aliphatic heterocycles. The number of hydrogen-bond acceptors (Lipinski definition) is 4. The molecule has 2 rings (SSSR count). The maximum Gasteiger partial charge on any atom is 0.142 e. The van der Waals surface area contributed by atoms with Crippen LogP contribution >= 0.6 is 0 Å². The normalized spacial score (nSPS) is 9.65. The number of anilines is 1. The molecule has 0 unspecified atom stereocenters. The summed E-state index contributed by atoms with van der Waals surface area (Å²) in [5.74, 6) is 0.709. The van der Waals surface area contributed by atoms with E-state index in [0.29, 0.717) is 18.1 Å². The average Bonchev–Trinajstić information content (AvgIpc) is 2.38. The molecular formula is C13H12N4. The lowest BCUT2D eigenvalue weighted by atomic mass is 10.1. The summed E-state index contributed by atoms with van der Waals surface area (Å²) in [4.78, 5) is 8.19. The minimum Gasteiger partial charge on any atom is -0.366 e. The molecule has 2 heterocycles. The quantitative estimate of drug-likeness (QED) is 0.868. The van der Waals surface area contributed by atoms with Gasteiger partial charge < -0.3 is 5.32 Å². The van der Waals surface area contributed by atoms with Gasteiger partial charge in [-0.05, 0) is 36.2 Å². The van der Waals surface area contributed by atoms with Crippen LogP contribution in [0.5, 0.6) is 0 Å². The predicted molar refractivity (Wildman–Crippen MR) is 65.3 cm³/mol. The average molecular weight is 224 g/mol. The lowest BCUT2D eigenvalue weighted by Crippen LogP contribution is -2.03.